The SMILES string of the molecule is Cc1nn(C)c(C)c1CC(=O)Nc1sc(-c2ccccc2)c(C)c1C(=O)N1CCOCC1. The van der Waals surface area contributed by atoms with Crippen molar-refractivity contribution in [3.8, 4) is 10.4 Å². The Morgan fingerprint density at radius 3 is 2.44 bits per heavy atom. The second-order valence-electron chi connectivity index (χ2n) is 8.03. The smallest absolute Gasteiger partial charge is 0.257 e. The molecule has 7 nitrogen and oxygen atoms in total. The number of carbonyl (C=O) groups is 2. The number of nitrogens with zero attached hydrogens (tertiary/aromatic N) is 3. The fraction of sp³-hybridized carbons (Fsp3) is 0.375. The maximum Gasteiger partial charge on any atom is 0.257 e. The highest BCUT2D eigenvalue weighted by molar-refractivity contribution is 7.20. The van der Waals surface area contributed by atoms with Gasteiger partial charge in [-0.1, -0.05) is 30.3 Å². The van der Waals surface area contributed by atoms with E-state index in [1.54, 1.807) is 9.58 Å². The lowest BCUT2D eigenvalue weighted by Crippen LogP contribution is -2.41. The first-order valence-electron chi connectivity index (χ1n) is 10.7. The van der Waals surface area contributed by atoms with Crippen LogP contribution in [0.15, 0.2) is 30.3 Å². The van der Waals surface area contributed by atoms with Crippen molar-refractivity contribution >= 4 is 28.2 Å². The van der Waals surface area contributed by atoms with E-state index in [1.165, 1.54) is 11.3 Å². The van der Waals surface area contributed by atoms with E-state index in [-0.39, 0.29) is 18.2 Å². The highest BCUT2D eigenvalue weighted by Crippen LogP contribution is 2.40. The van der Waals surface area contributed by atoms with Gasteiger partial charge in [0.2, 0.25) is 5.91 Å². The maximum atomic E-state index is 13.4. The summed E-state index contributed by atoms with van der Waals surface area (Å²) in [7, 11) is 1.87. The zero-order valence-electron chi connectivity index (χ0n) is 18.9. The van der Waals surface area contributed by atoms with Gasteiger partial charge in [-0.05, 0) is 31.9 Å². The predicted molar refractivity (Wildman–Crippen MR) is 126 cm³/mol. The van der Waals surface area contributed by atoms with Gasteiger partial charge in [0.15, 0.2) is 0 Å². The van der Waals surface area contributed by atoms with Crippen LogP contribution in [0.3, 0.4) is 0 Å². The van der Waals surface area contributed by atoms with E-state index in [0.717, 1.165) is 33.0 Å². The lowest BCUT2D eigenvalue weighted by Gasteiger charge is -2.27. The average molecular weight is 453 g/mol. The zero-order chi connectivity index (χ0) is 22.8. The molecule has 1 aliphatic rings. The molecule has 0 atom stereocenters. The van der Waals surface area contributed by atoms with Gasteiger partial charge in [-0.3, -0.25) is 14.3 Å². The van der Waals surface area contributed by atoms with Crippen LogP contribution in [-0.2, 0) is 23.0 Å². The third-order valence-electron chi connectivity index (χ3n) is 5.94. The van der Waals surface area contributed by atoms with E-state index in [1.807, 2.05) is 58.2 Å². The molecule has 0 radical (unpaired) electrons. The number of thiophene rings is 1. The van der Waals surface area contributed by atoms with Crippen molar-refractivity contribution in [2.75, 3.05) is 31.6 Å². The van der Waals surface area contributed by atoms with Gasteiger partial charge in [-0.15, -0.1) is 11.3 Å². The minimum Gasteiger partial charge on any atom is -0.378 e. The van der Waals surface area contributed by atoms with E-state index in [4.69, 9.17) is 4.74 Å². The van der Waals surface area contributed by atoms with Crippen molar-refractivity contribution in [1.29, 1.82) is 0 Å². The van der Waals surface area contributed by atoms with Crippen LogP contribution in [-0.4, -0.2) is 52.8 Å². The number of nitrogens with one attached hydrogen (secondary N) is 1. The number of hydrogen-bond acceptors (Lipinski definition) is 5. The van der Waals surface area contributed by atoms with Crippen molar-refractivity contribution in [3.05, 3.63) is 58.4 Å². The van der Waals surface area contributed by atoms with E-state index < -0.39 is 0 Å². The van der Waals surface area contributed by atoms with Crippen LogP contribution in [0.1, 0.15) is 32.9 Å². The Morgan fingerprint density at radius 2 is 1.81 bits per heavy atom. The summed E-state index contributed by atoms with van der Waals surface area (Å²) in [6.07, 6.45) is 0.217. The number of carbonyl (C=O) groups excluding carboxylic acids is 2. The molecule has 0 spiro atoms. The molecule has 1 aliphatic heterocycles. The van der Waals surface area contributed by atoms with E-state index in [9.17, 15) is 9.59 Å². The van der Waals surface area contributed by atoms with Gasteiger partial charge in [0.25, 0.3) is 5.91 Å². The summed E-state index contributed by atoms with van der Waals surface area (Å²) >= 11 is 1.45. The normalized spacial score (nSPS) is 13.9. The summed E-state index contributed by atoms with van der Waals surface area (Å²) in [6, 6.07) is 9.97. The van der Waals surface area contributed by atoms with Crippen LogP contribution >= 0.6 is 11.3 Å². The first-order valence-corrected chi connectivity index (χ1v) is 11.5. The number of hydrogen-bond donors (Lipinski definition) is 1. The van der Waals surface area contributed by atoms with Crippen LogP contribution in [0, 0.1) is 20.8 Å². The molecule has 3 aromatic rings. The second kappa shape index (κ2) is 9.26. The van der Waals surface area contributed by atoms with Crippen molar-refractivity contribution in [2.45, 2.75) is 27.2 Å². The lowest BCUT2D eigenvalue weighted by atomic mass is 10.1. The number of rotatable bonds is 5. The van der Waals surface area contributed by atoms with Gasteiger partial charge in [-0.25, -0.2) is 0 Å². The maximum absolute atomic E-state index is 13.4. The van der Waals surface area contributed by atoms with Gasteiger partial charge >= 0.3 is 0 Å². The molecule has 1 aromatic carbocycles. The molecule has 2 amide bonds. The summed E-state index contributed by atoms with van der Waals surface area (Å²) in [5.41, 5.74) is 5.23. The number of aryl methyl sites for hydroxylation is 2. The minimum atomic E-state index is -0.152. The van der Waals surface area contributed by atoms with E-state index in [2.05, 4.69) is 10.4 Å². The third-order valence-corrected chi connectivity index (χ3v) is 7.20. The molecular formula is C24H28N4O3S. The molecule has 3 heterocycles. The van der Waals surface area contributed by atoms with Crippen LogP contribution in [0.25, 0.3) is 10.4 Å². The minimum absolute atomic E-state index is 0.0618. The Kier molecular flexibility index (Phi) is 6.43. The van der Waals surface area contributed by atoms with Crippen LogP contribution in [0.2, 0.25) is 0 Å². The predicted octanol–water partition coefficient (Wildman–Crippen LogP) is 3.73. The Balaban J connectivity index is 1.67. The molecule has 1 N–H and O–H groups in total. The van der Waals surface area contributed by atoms with Crippen molar-refractivity contribution in [1.82, 2.24) is 14.7 Å². The summed E-state index contributed by atoms with van der Waals surface area (Å²) in [4.78, 5) is 29.3. The second-order valence-corrected chi connectivity index (χ2v) is 9.05. The summed E-state index contributed by atoms with van der Waals surface area (Å²) in [5.74, 6) is -0.214. The topological polar surface area (TPSA) is 76.5 Å². The lowest BCUT2D eigenvalue weighted by molar-refractivity contribution is -0.115. The summed E-state index contributed by atoms with van der Waals surface area (Å²) in [5, 5.41) is 8.04. The third kappa shape index (κ3) is 4.33. The highest BCUT2D eigenvalue weighted by Gasteiger charge is 2.28. The summed E-state index contributed by atoms with van der Waals surface area (Å²) < 4.78 is 7.19. The van der Waals surface area contributed by atoms with E-state index in [0.29, 0.717) is 36.9 Å². The number of ether oxygens (including phenoxy) is 1. The monoisotopic (exact) mass is 452 g/mol. The first kappa shape index (κ1) is 22.2. The van der Waals surface area contributed by atoms with Gasteiger partial charge in [-0.2, -0.15) is 5.10 Å². The first-order chi connectivity index (χ1) is 15.4. The Bertz CT molecular complexity index is 1140. The van der Waals surface area contributed by atoms with Crippen LogP contribution in [0.5, 0.6) is 0 Å². The van der Waals surface area contributed by atoms with Crippen LogP contribution in [0.4, 0.5) is 5.00 Å². The fourth-order valence-electron chi connectivity index (χ4n) is 4.05. The standard InChI is InChI=1S/C24H28N4O3S/c1-15-21(24(30)28-10-12-31-13-11-28)23(32-22(15)18-8-6-5-7-9-18)25-20(29)14-19-16(2)26-27(4)17(19)3/h5-9H,10-14H2,1-4H3,(H,25,29). The van der Waals surface area contributed by atoms with E-state index >= 15 is 0 Å². The molecule has 8 heteroatoms. The van der Waals surface area contributed by atoms with Crippen LogP contribution < -0.4 is 5.32 Å². The molecule has 1 fully saturated rings. The molecule has 0 unspecified atom stereocenters. The van der Waals surface area contributed by atoms with Crippen molar-refractivity contribution < 1.29 is 14.3 Å². The number of aromatic nitrogens is 2. The number of anilines is 1. The average Bonchev–Trinajstić information content (AvgIpc) is 3.24. The molecule has 32 heavy (non-hydrogen) atoms. The molecule has 0 bridgehead atoms. The largest absolute Gasteiger partial charge is 0.378 e. The molecular weight excluding hydrogens is 424 g/mol. The Morgan fingerprint density at radius 1 is 1.12 bits per heavy atom. The molecule has 1 saturated heterocycles. The van der Waals surface area contributed by atoms with Gasteiger partial charge in [0.1, 0.15) is 5.00 Å². The number of morpholine rings is 1. The van der Waals surface area contributed by atoms with Gasteiger partial charge in [0.05, 0.1) is 30.9 Å². The number of amides is 2. The molecule has 168 valence electrons. The Hall–Kier alpha value is -2.97. The Labute approximate surface area is 192 Å². The molecule has 0 saturated carbocycles. The fourth-order valence-corrected chi connectivity index (χ4v) is 5.27. The zero-order valence-corrected chi connectivity index (χ0v) is 19.7. The molecule has 0 aliphatic carbocycles. The van der Waals surface area contributed by atoms with Crippen molar-refractivity contribution in [2.24, 2.45) is 7.05 Å². The molecule has 2 aromatic heterocycles. The molecule has 4 rings (SSSR count). The summed E-state index contributed by atoms with van der Waals surface area (Å²) in [6.45, 7) is 7.98. The van der Waals surface area contributed by atoms with Gasteiger partial charge in [0, 0.05) is 36.3 Å². The van der Waals surface area contributed by atoms with Crippen molar-refractivity contribution in [3.63, 3.8) is 0 Å². The quantitative estimate of drug-likeness (QED) is 0.640. The number of benzene rings is 1. The highest BCUT2D eigenvalue weighted by atomic mass is 32.1. The van der Waals surface area contributed by atoms with Gasteiger partial charge < -0.3 is 15.0 Å².